The number of carbonyl (C=O) groups excluding carboxylic acids is 1. The standard InChI is InChI=1S/C16H24N4O/c1-19-8-10-20(11-9-19)16(21)14-2-3-15(18-12-14)13-4-6-17-7-5-13/h2-3,12-13,17H,4-11H2,1H3. The maximum absolute atomic E-state index is 12.5. The van der Waals surface area contributed by atoms with E-state index in [9.17, 15) is 4.79 Å². The molecule has 3 heterocycles. The molecule has 5 nitrogen and oxygen atoms in total. The van der Waals surface area contributed by atoms with Crippen molar-refractivity contribution in [1.82, 2.24) is 20.1 Å². The molecule has 1 aromatic rings. The highest BCUT2D eigenvalue weighted by molar-refractivity contribution is 5.94. The van der Waals surface area contributed by atoms with E-state index >= 15 is 0 Å². The summed E-state index contributed by atoms with van der Waals surface area (Å²) in [7, 11) is 2.09. The van der Waals surface area contributed by atoms with Gasteiger partial charge in [0.25, 0.3) is 5.91 Å². The Hall–Kier alpha value is -1.46. The molecule has 0 radical (unpaired) electrons. The zero-order valence-corrected chi connectivity index (χ0v) is 12.7. The molecule has 1 amide bonds. The summed E-state index contributed by atoms with van der Waals surface area (Å²) in [5, 5.41) is 3.37. The van der Waals surface area contributed by atoms with E-state index in [0.29, 0.717) is 5.92 Å². The number of piperidine rings is 1. The third kappa shape index (κ3) is 3.41. The molecule has 2 fully saturated rings. The molecule has 2 aliphatic rings. The Morgan fingerprint density at radius 3 is 2.52 bits per heavy atom. The summed E-state index contributed by atoms with van der Waals surface area (Å²) in [6.07, 6.45) is 4.04. The van der Waals surface area contributed by atoms with Crippen LogP contribution in [0.1, 0.15) is 34.8 Å². The Balaban J connectivity index is 1.64. The van der Waals surface area contributed by atoms with Gasteiger partial charge >= 0.3 is 0 Å². The zero-order chi connectivity index (χ0) is 14.7. The van der Waals surface area contributed by atoms with Gasteiger partial charge in [-0.25, -0.2) is 0 Å². The highest BCUT2D eigenvalue weighted by Crippen LogP contribution is 2.23. The van der Waals surface area contributed by atoms with Crippen LogP contribution in [0.5, 0.6) is 0 Å². The van der Waals surface area contributed by atoms with Gasteiger partial charge in [-0.15, -0.1) is 0 Å². The van der Waals surface area contributed by atoms with Crippen molar-refractivity contribution in [3.63, 3.8) is 0 Å². The minimum atomic E-state index is 0.118. The summed E-state index contributed by atoms with van der Waals surface area (Å²) in [5.74, 6) is 0.659. The summed E-state index contributed by atoms with van der Waals surface area (Å²) in [6, 6.07) is 3.99. The van der Waals surface area contributed by atoms with Crippen molar-refractivity contribution in [2.45, 2.75) is 18.8 Å². The highest BCUT2D eigenvalue weighted by atomic mass is 16.2. The number of nitrogens with zero attached hydrogens (tertiary/aromatic N) is 3. The van der Waals surface area contributed by atoms with Crippen molar-refractivity contribution in [2.24, 2.45) is 0 Å². The predicted octanol–water partition coefficient (Wildman–Crippen LogP) is 0.936. The second-order valence-electron chi connectivity index (χ2n) is 6.09. The largest absolute Gasteiger partial charge is 0.336 e. The third-order valence-electron chi connectivity index (χ3n) is 4.58. The number of likely N-dealkylation sites (N-methyl/N-ethyl adjacent to an activating group) is 1. The van der Waals surface area contributed by atoms with Gasteiger partial charge in [0.1, 0.15) is 0 Å². The van der Waals surface area contributed by atoms with Crippen LogP contribution in [0.2, 0.25) is 0 Å². The molecule has 1 N–H and O–H groups in total. The lowest BCUT2D eigenvalue weighted by molar-refractivity contribution is 0.0663. The molecule has 0 spiro atoms. The summed E-state index contributed by atoms with van der Waals surface area (Å²) in [5.41, 5.74) is 1.85. The van der Waals surface area contributed by atoms with Gasteiger partial charge in [-0.1, -0.05) is 0 Å². The number of hydrogen-bond donors (Lipinski definition) is 1. The Morgan fingerprint density at radius 1 is 1.19 bits per heavy atom. The average molecular weight is 288 g/mol. The van der Waals surface area contributed by atoms with Crippen molar-refractivity contribution in [3.05, 3.63) is 29.6 Å². The van der Waals surface area contributed by atoms with Crippen molar-refractivity contribution in [2.75, 3.05) is 46.3 Å². The first kappa shape index (κ1) is 14.5. The fourth-order valence-electron chi connectivity index (χ4n) is 3.08. The van der Waals surface area contributed by atoms with Gasteiger partial charge < -0.3 is 15.1 Å². The topological polar surface area (TPSA) is 48.5 Å². The molecule has 0 aliphatic carbocycles. The second kappa shape index (κ2) is 6.54. The van der Waals surface area contributed by atoms with E-state index in [4.69, 9.17) is 0 Å². The number of amides is 1. The molecular weight excluding hydrogens is 264 g/mol. The number of aromatic nitrogens is 1. The van der Waals surface area contributed by atoms with Crippen molar-refractivity contribution < 1.29 is 4.79 Å². The smallest absolute Gasteiger partial charge is 0.255 e. The molecule has 0 bridgehead atoms. The fourth-order valence-corrected chi connectivity index (χ4v) is 3.08. The van der Waals surface area contributed by atoms with E-state index < -0.39 is 0 Å². The Labute approximate surface area is 126 Å². The number of pyridine rings is 1. The van der Waals surface area contributed by atoms with Gasteiger partial charge in [-0.2, -0.15) is 0 Å². The Bertz CT molecular complexity index is 474. The second-order valence-corrected chi connectivity index (χ2v) is 6.09. The average Bonchev–Trinajstić information content (AvgIpc) is 2.56. The molecule has 114 valence electrons. The summed E-state index contributed by atoms with van der Waals surface area (Å²) in [4.78, 5) is 21.2. The number of nitrogens with one attached hydrogen (secondary N) is 1. The Morgan fingerprint density at radius 2 is 1.90 bits per heavy atom. The normalized spacial score (nSPS) is 21.5. The van der Waals surface area contributed by atoms with Crippen LogP contribution in [-0.2, 0) is 0 Å². The lowest BCUT2D eigenvalue weighted by Crippen LogP contribution is -2.47. The van der Waals surface area contributed by atoms with E-state index in [1.807, 2.05) is 17.0 Å². The number of hydrogen-bond acceptors (Lipinski definition) is 4. The van der Waals surface area contributed by atoms with Crippen LogP contribution in [0.4, 0.5) is 0 Å². The van der Waals surface area contributed by atoms with E-state index in [0.717, 1.165) is 63.4 Å². The first-order valence-corrected chi connectivity index (χ1v) is 7.88. The monoisotopic (exact) mass is 288 g/mol. The quantitative estimate of drug-likeness (QED) is 0.880. The van der Waals surface area contributed by atoms with Crippen LogP contribution < -0.4 is 5.32 Å². The molecule has 1 aromatic heterocycles. The molecule has 0 saturated carbocycles. The summed E-state index contributed by atoms with van der Waals surface area (Å²) in [6.45, 7) is 5.65. The maximum Gasteiger partial charge on any atom is 0.255 e. The minimum absolute atomic E-state index is 0.118. The SMILES string of the molecule is CN1CCN(C(=O)c2ccc(C3CCNCC3)nc2)CC1. The highest BCUT2D eigenvalue weighted by Gasteiger charge is 2.21. The summed E-state index contributed by atoms with van der Waals surface area (Å²) < 4.78 is 0. The maximum atomic E-state index is 12.5. The summed E-state index contributed by atoms with van der Waals surface area (Å²) >= 11 is 0. The van der Waals surface area contributed by atoms with Crippen LogP contribution in [0.3, 0.4) is 0 Å². The van der Waals surface area contributed by atoms with Gasteiger partial charge in [0.15, 0.2) is 0 Å². The van der Waals surface area contributed by atoms with Crippen LogP contribution in [0, 0.1) is 0 Å². The predicted molar refractivity (Wildman–Crippen MR) is 82.5 cm³/mol. The molecule has 2 aliphatic heterocycles. The van der Waals surface area contributed by atoms with Crippen LogP contribution in [0.25, 0.3) is 0 Å². The van der Waals surface area contributed by atoms with Crippen molar-refractivity contribution in [3.8, 4) is 0 Å². The fraction of sp³-hybridized carbons (Fsp3) is 0.625. The van der Waals surface area contributed by atoms with Gasteiger partial charge in [0, 0.05) is 44.0 Å². The van der Waals surface area contributed by atoms with Gasteiger partial charge in [-0.3, -0.25) is 9.78 Å². The van der Waals surface area contributed by atoms with E-state index in [1.54, 1.807) is 6.20 Å². The molecule has 3 rings (SSSR count). The molecule has 0 atom stereocenters. The van der Waals surface area contributed by atoms with Crippen LogP contribution in [-0.4, -0.2) is 67.0 Å². The third-order valence-corrected chi connectivity index (χ3v) is 4.58. The Kier molecular flexibility index (Phi) is 4.51. The van der Waals surface area contributed by atoms with Crippen LogP contribution >= 0.6 is 0 Å². The molecular formula is C16H24N4O. The number of rotatable bonds is 2. The first-order valence-electron chi connectivity index (χ1n) is 7.88. The molecule has 5 heteroatoms. The van der Waals surface area contributed by atoms with Gasteiger partial charge in [0.05, 0.1) is 5.56 Å². The molecule has 21 heavy (non-hydrogen) atoms. The zero-order valence-electron chi connectivity index (χ0n) is 12.7. The van der Waals surface area contributed by atoms with Crippen molar-refractivity contribution >= 4 is 5.91 Å². The lowest BCUT2D eigenvalue weighted by Gasteiger charge is -2.32. The van der Waals surface area contributed by atoms with Gasteiger partial charge in [0.2, 0.25) is 0 Å². The molecule has 2 saturated heterocycles. The van der Waals surface area contributed by atoms with E-state index in [2.05, 4.69) is 22.2 Å². The molecule has 0 unspecified atom stereocenters. The number of carbonyl (C=O) groups is 1. The van der Waals surface area contributed by atoms with E-state index in [-0.39, 0.29) is 5.91 Å². The van der Waals surface area contributed by atoms with E-state index in [1.165, 1.54) is 0 Å². The number of piperazine rings is 1. The molecule has 0 aromatic carbocycles. The van der Waals surface area contributed by atoms with Gasteiger partial charge in [-0.05, 0) is 45.1 Å². The van der Waals surface area contributed by atoms with Crippen LogP contribution in [0.15, 0.2) is 18.3 Å². The minimum Gasteiger partial charge on any atom is -0.336 e. The first-order chi connectivity index (χ1) is 10.2. The lowest BCUT2D eigenvalue weighted by atomic mass is 9.94. The van der Waals surface area contributed by atoms with Crippen molar-refractivity contribution in [1.29, 1.82) is 0 Å².